The van der Waals surface area contributed by atoms with Crippen molar-refractivity contribution in [3.8, 4) is 16.9 Å². The molecule has 1 heterocycles. The largest absolute Gasteiger partial charge is 0.322 e. The number of carbonyl (C=O) groups excluding carboxylic acids is 2. The molecule has 2 N–H and O–H groups in total. The average Bonchev–Trinajstić information content (AvgIpc) is 3.43. The van der Waals surface area contributed by atoms with E-state index in [0.717, 1.165) is 12.1 Å². The number of aromatic nitrogens is 2. The van der Waals surface area contributed by atoms with E-state index >= 15 is 0 Å². The smallest absolute Gasteiger partial charge is 0.277 e. The van der Waals surface area contributed by atoms with E-state index in [9.17, 15) is 39.9 Å². The molecule has 15 heteroatoms. The monoisotopic (exact) mass is 593 g/mol. The molecule has 1 aromatic heterocycles. The number of hydrogen-bond donors (Lipinski definition) is 2. The first-order valence-electron chi connectivity index (χ1n) is 12.7. The summed E-state index contributed by atoms with van der Waals surface area (Å²) in [5.41, 5.74) is -0.818. The Labute approximate surface area is 246 Å². The van der Waals surface area contributed by atoms with Crippen LogP contribution in [-0.4, -0.2) is 36.4 Å². The third-order valence-corrected chi connectivity index (χ3v) is 6.29. The minimum absolute atomic E-state index is 0.0420. The van der Waals surface area contributed by atoms with Crippen LogP contribution in [0.4, 0.5) is 28.4 Å². The molecule has 5 rings (SSSR count). The van der Waals surface area contributed by atoms with E-state index in [-0.39, 0.29) is 45.4 Å². The van der Waals surface area contributed by atoms with Gasteiger partial charge >= 0.3 is 0 Å². The number of nitro groups is 3. The average molecular weight is 594 g/mol. The fourth-order valence-corrected chi connectivity index (χ4v) is 4.36. The number of amides is 2. The summed E-state index contributed by atoms with van der Waals surface area (Å²) >= 11 is 0. The van der Waals surface area contributed by atoms with Crippen molar-refractivity contribution in [1.29, 1.82) is 0 Å². The first-order chi connectivity index (χ1) is 21.1. The first kappa shape index (κ1) is 28.7. The molecule has 2 amide bonds. The second-order valence-corrected chi connectivity index (χ2v) is 9.15. The summed E-state index contributed by atoms with van der Waals surface area (Å²) in [5.74, 6) is -1.79. The van der Waals surface area contributed by atoms with Crippen molar-refractivity contribution in [2.75, 3.05) is 10.6 Å². The zero-order chi connectivity index (χ0) is 31.4. The van der Waals surface area contributed by atoms with Crippen LogP contribution in [0.1, 0.15) is 20.8 Å². The van der Waals surface area contributed by atoms with E-state index in [1.54, 1.807) is 30.3 Å². The number of carbonyl (C=O) groups is 2. The third-order valence-electron chi connectivity index (χ3n) is 6.29. The highest BCUT2D eigenvalue weighted by Gasteiger charge is 2.30. The highest BCUT2D eigenvalue weighted by Crippen LogP contribution is 2.32. The van der Waals surface area contributed by atoms with Crippen LogP contribution < -0.4 is 10.6 Å². The van der Waals surface area contributed by atoms with E-state index in [0.29, 0.717) is 5.56 Å². The van der Waals surface area contributed by atoms with Crippen LogP contribution >= 0.6 is 0 Å². The molecular weight excluding hydrogens is 574 g/mol. The molecule has 0 saturated heterocycles. The van der Waals surface area contributed by atoms with Crippen molar-refractivity contribution >= 4 is 40.3 Å². The minimum atomic E-state index is -0.920. The lowest BCUT2D eigenvalue weighted by Gasteiger charge is -2.11. The lowest BCUT2D eigenvalue weighted by Crippen LogP contribution is -2.20. The summed E-state index contributed by atoms with van der Waals surface area (Å²) < 4.78 is 1.20. The van der Waals surface area contributed by atoms with Crippen LogP contribution in [0.3, 0.4) is 0 Å². The standard InChI is InChI=1S/C29H19N7O8/c37-28(30-19-9-4-12-22(15-19)34(39)40)25-26(29(38)31-20-10-5-13-23(16-20)35(41)42)32-33(27(25)18-7-2-1-3-8-18)21-11-6-14-24(17-21)36(43)44/h1-17H,(H,30,37)(H,31,38). The van der Waals surface area contributed by atoms with Crippen molar-refractivity contribution in [2.45, 2.75) is 0 Å². The highest BCUT2D eigenvalue weighted by atomic mass is 16.6. The Bertz CT molecular complexity index is 1960. The Morgan fingerprint density at radius 1 is 0.614 bits per heavy atom. The Morgan fingerprint density at radius 3 is 1.66 bits per heavy atom. The van der Waals surface area contributed by atoms with Crippen LogP contribution in [0, 0.1) is 30.3 Å². The number of benzene rings is 4. The predicted molar refractivity (Wildman–Crippen MR) is 158 cm³/mol. The van der Waals surface area contributed by atoms with Gasteiger partial charge in [-0.25, -0.2) is 4.68 Å². The van der Waals surface area contributed by atoms with E-state index < -0.39 is 32.3 Å². The summed E-state index contributed by atoms with van der Waals surface area (Å²) in [6.07, 6.45) is 0. The second kappa shape index (κ2) is 12.0. The molecule has 0 atom stereocenters. The summed E-state index contributed by atoms with van der Waals surface area (Å²) in [5, 5.41) is 43.6. The highest BCUT2D eigenvalue weighted by molar-refractivity contribution is 6.17. The molecule has 0 aliphatic carbocycles. The van der Waals surface area contributed by atoms with Gasteiger partial charge in [0.25, 0.3) is 28.9 Å². The van der Waals surface area contributed by atoms with Crippen molar-refractivity contribution in [3.63, 3.8) is 0 Å². The molecule has 5 aromatic rings. The molecule has 0 fully saturated rings. The Hall–Kier alpha value is -6.77. The maximum Gasteiger partial charge on any atom is 0.277 e. The van der Waals surface area contributed by atoms with Crippen LogP contribution in [0.2, 0.25) is 0 Å². The van der Waals surface area contributed by atoms with Crippen LogP contribution in [0.25, 0.3) is 16.9 Å². The fraction of sp³-hybridized carbons (Fsp3) is 0. The molecule has 0 aliphatic heterocycles. The molecule has 0 unspecified atom stereocenters. The summed E-state index contributed by atoms with van der Waals surface area (Å²) in [6.45, 7) is 0. The molecule has 0 bridgehead atoms. The summed E-state index contributed by atoms with van der Waals surface area (Å²) in [4.78, 5) is 59.8. The fourth-order valence-electron chi connectivity index (χ4n) is 4.36. The van der Waals surface area contributed by atoms with Gasteiger partial charge in [0.2, 0.25) is 0 Å². The predicted octanol–water partition coefficient (Wildman–Crippen LogP) is 5.77. The van der Waals surface area contributed by atoms with Gasteiger partial charge in [-0.3, -0.25) is 39.9 Å². The van der Waals surface area contributed by atoms with Crippen molar-refractivity contribution in [1.82, 2.24) is 9.78 Å². The first-order valence-corrected chi connectivity index (χ1v) is 12.7. The van der Waals surface area contributed by atoms with E-state index in [1.807, 2.05) is 0 Å². The zero-order valence-electron chi connectivity index (χ0n) is 22.3. The van der Waals surface area contributed by atoms with E-state index in [2.05, 4.69) is 15.7 Å². The number of non-ortho nitro benzene ring substituents is 3. The van der Waals surface area contributed by atoms with Gasteiger partial charge < -0.3 is 10.6 Å². The maximum atomic E-state index is 13.9. The molecular formula is C29H19N7O8. The van der Waals surface area contributed by atoms with Crippen LogP contribution in [0.5, 0.6) is 0 Å². The van der Waals surface area contributed by atoms with Crippen molar-refractivity contribution < 1.29 is 24.4 Å². The second-order valence-electron chi connectivity index (χ2n) is 9.15. The molecule has 0 saturated carbocycles. The molecule has 4 aromatic carbocycles. The number of anilines is 2. The van der Waals surface area contributed by atoms with Gasteiger partial charge in [-0.2, -0.15) is 5.10 Å². The number of hydrogen-bond acceptors (Lipinski definition) is 9. The van der Waals surface area contributed by atoms with Crippen LogP contribution in [0.15, 0.2) is 103 Å². The van der Waals surface area contributed by atoms with Crippen molar-refractivity contribution in [3.05, 3.63) is 145 Å². The van der Waals surface area contributed by atoms with Gasteiger partial charge in [-0.1, -0.05) is 48.5 Å². The van der Waals surface area contributed by atoms with E-state index in [4.69, 9.17) is 0 Å². The quantitative estimate of drug-likeness (QED) is 0.157. The number of nitro benzene ring substituents is 3. The zero-order valence-corrected chi connectivity index (χ0v) is 22.3. The molecule has 0 aliphatic rings. The van der Waals surface area contributed by atoms with Gasteiger partial charge in [0.1, 0.15) is 0 Å². The maximum absolute atomic E-state index is 13.9. The minimum Gasteiger partial charge on any atom is -0.322 e. The number of nitrogens with zero attached hydrogens (tertiary/aromatic N) is 5. The third kappa shape index (κ3) is 5.96. The Morgan fingerprint density at radius 2 is 1.11 bits per heavy atom. The summed E-state index contributed by atoms with van der Waals surface area (Å²) in [7, 11) is 0. The molecule has 15 nitrogen and oxygen atoms in total. The Balaban J connectivity index is 1.71. The van der Waals surface area contributed by atoms with Gasteiger partial charge in [0.05, 0.1) is 31.7 Å². The lowest BCUT2D eigenvalue weighted by molar-refractivity contribution is -0.385. The van der Waals surface area contributed by atoms with Gasteiger partial charge in [0.15, 0.2) is 5.69 Å². The number of rotatable bonds is 9. The number of nitrogens with one attached hydrogen (secondary N) is 2. The molecule has 0 radical (unpaired) electrons. The van der Waals surface area contributed by atoms with Gasteiger partial charge in [0, 0.05) is 53.3 Å². The summed E-state index contributed by atoms with van der Waals surface area (Å²) in [6, 6.07) is 24.0. The molecule has 218 valence electrons. The molecule has 0 spiro atoms. The SMILES string of the molecule is O=C(Nc1cccc([N+](=O)[O-])c1)c1nn(-c2cccc([N+](=O)[O-])c2)c(-c2ccccc2)c1C(=O)Nc1cccc([N+](=O)[O-])c1. The normalized spacial score (nSPS) is 10.5. The van der Waals surface area contributed by atoms with Gasteiger partial charge in [-0.05, 0) is 18.2 Å². The van der Waals surface area contributed by atoms with Gasteiger partial charge in [-0.15, -0.1) is 0 Å². The van der Waals surface area contributed by atoms with E-state index in [1.165, 1.54) is 65.3 Å². The lowest BCUT2D eigenvalue weighted by atomic mass is 10.0. The Kier molecular flexibility index (Phi) is 7.84. The van der Waals surface area contributed by atoms with Crippen molar-refractivity contribution in [2.24, 2.45) is 0 Å². The van der Waals surface area contributed by atoms with Crippen LogP contribution in [-0.2, 0) is 0 Å². The topological polar surface area (TPSA) is 205 Å². The molecule has 44 heavy (non-hydrogen) atoms.